The van der Waals surface area contributed by atoms with Crippen molar-refractivity contribution in [2.45, 2.75) is 32.9 Å². The van der Waals surface area contributed by atoms with Gasteiger partial charge in [-0.1, -0.05) is 26.0 Å². The van der Waals surface area contributed by atoms with Crippen LogP contribution in [0.25, 0.3) is 10.9 Å². The molecule has 0 spiro atoms. The van der Waals surface area contributed by atoms with E-state index in [1.54, 1.807) is 11.7 Å². The molecule has 5 nitrogen and oxygen atoms in total. The van der Waals surface area contributed by atoms with Crippen LogP contribution < -0.4 is 10.9 Å². The second-order valence-corrected chi connectivity index (χ2v) is 4.96. The molecule has 0 aliphatic rings. The largest absolute Gasteiger partial charge is 0.383 e. The molecule has 0 bridgehead atoms. The minimum Gasteiger partial charge on any atom is -0.383 e. The van der Waals surface area contributed by atoms with Crippen LogP contribution in [-0.2, 0) is 11.3 Å². The number of fused-ring (bicyclic) bond motifs is 1. The number of benzene rings is 1. The van der Waals surface area contributed by atoms with E-state index in [-0.39, 0.29) is 11.6 Å². The van der Waals surface area contributed by atoms with Gasteiger partial charge in [0.1, 0.15) is 5.82 Å². The fourth-order valence-corrected chi connectivity index (χ4v) is 2.51. The van der Waals surface area contributed by atoms with E-state index in [0.717, 1.165) is 24.3 Å². The molecule has 2 rings (SSSR count). The molecule has 21 heavy (non-hydrogen) atoms. The topological polar surface area (TPSA) is 56.2 Å². The van der Waals surface area contributed by atoms with Gasteiger partial charge < -0.3 is 10.1 Å². The average Bonchev–Trinajstić information content (AvgIpc) is 2.52. The number of hydrogen-bond acceptors (Lipinski definition) is 4. The maximum atomic E-state index is 12.7. The Balaban J connectivity index is 2.62. The van der Waals surface area contributed by atoms with Crippen molar-refractivity contribution in [3.8, 4) is 0 Å². The number of rotatable bonds is 7. The molecule has 114 valence electrons. The Morgan fingerprint density at radius 3 is 2.76 bits per heavy atom. The van der Waals surface area contributed by atoms with Crippen LogP contribution in [0.4, 0.5) is 0 Å². The summed E-state index contributed by atoms with van der Waals surface area (Å²) in [6, 6.07) is 7.56. The summed E-state index contributed by atoms with van der Waals surface area (Å²) in [4.78, 5) is 17.4. The lowest BCUT2D eigenvalue weighted by atomic mass is 10.1. The van der Waals surface area contributed by atoms with Crippen molar-refractivity contribution in [1.82, 2.24) is 14.9 Å². The third kappa shape index (κ3) is 3.31. The first-order valence-corrected chi connectivity index (χ1v) is 7.44. The molecule has 5 heteroatoms. The quantitative estimate of drug-likeness (QED) is 0.848. The summed E-state index contributed by atoms with van der Waals surface area (Å²) in [6.07, 6.45) is 0.881. The van der Waals surface area contributed by atoms with Gasteiger partial charge in [0.15, 0.2) is 0 Å². The predicted molar refractivity (Wildman–Crippen MR) is 84.6 cm³/mol. The van der Waals surface area contributed by atoms with Gasteiger partial charge in [-0.3, -0.25) is 9.36 Å². The van der Waals surface area contributed by atoms with Gasteiger partial charge in [-0.2, -0.15) is 0 Å². The van der Waals surface area contributed by atoms with Crippen molar-refractivity contribution in [2.75, 3.05) is 20.3 Å². The minimum absolute atomic E-state index is 0.00371. The maximum Gasteiger partial charge on any atom is 0.261 e. The van der Waals surface area contributed by atoms with Gasteiger partial charge >= 0.3 is 0 Å². The molecule has 0 saturated heterocycles. The summed E-state index contributed by atoms with van der Waals surface area (Å²) < 4.78 is 6.87. The molecule has 0 unspecified atom stereocenters. The van der Waals surface area contributed by atoms with Crippen molar-refractivity contribution in [2.24, 2.45) is 0 Å². The summed E-state index contributed by atoms with van der Waals surface area (Å²) >= 11 is 0. The van der Waals surface area contributed by atoms with Gasteiger partial charge in [0, 0.05) is 7.11 Å². The fourth-order valence-electron chi connectivity index (χ4n) is 2.51. The predicted octanol–water partition coefficient (Wildman–Crippen LogP) is 2.10. The van der Waals surface area contributed by atoms with E-state index in [1.165, 1.54) is 0 Å². The highest BCUT2D eigenvalue weighted by Gasteiger charge is 2.17. The van der Waals surface area contributed by atoms with Crippen LogP contribution in [0.15, 0.2) is 29.1 Å². The third-order valence-electron chi connectivity index (χ3n) is 3.58. The fraction of sp³-hybridized carbons (Fsp3) is 0.500. The van der Waals surface area contributed by atoms with Gasteiger partial charge in [0.2, 0.25) is 0 Å². The van der Waals surface area contributed by atoms with Gasteiger partial charge in [-0.05, 0) is 25.1 Å². The van der Waals surface area contributed by atoms with E-state index in [0.29, 0.717) is 18.5 Å². The number of methoxy groups -OCH3 is 1. The zero-order valence-corrected chi connectivity index (χ0v) is 12.9. The molecule has 1 atom stereocenters. The average molecular weight is 289 g/mol. The van der Waals surface area contributed by atoms with Crippen LogP contribution in [0.3, 0.4) is 0 Å². The van der Waals surface area contributed by atoms with Gasteiger partial charge in [0.05, 0.1) is 30.1 Å². The summed E-state index contributed by atoms with van der Waals surface area (Å²) in [5.41, 5.74) is 0.756. The van der Waals surface area contributed by atoms with Crippen molar-refractivity contribution >= 4 is 10.9 Å². The van der Waals surface area contributed by atoms with Crippen LogP contribution in [-0.4, -0.2) is 29.8 Å². The summed E-state index contributed by atoms with van der Waals surface area (Å²) in [6.45, 7) is 6.00. The number of hydrogen-bond donors (Lipinski definition) is 1. The summed E-state index contributed by atoms with van der Waals surface area (Å²) in [7, 11) is 1.64. The van der Waals surface area contributed by atoms with E-state index in [4.69, 9.17) is 9.72 Å². The Labute approximate surface area is 125 Å². The maximum absolute atomic E-state index is 12.7. The number of ether oxygens (including phenoxy) is 1. The van der Waals surface area contributed by atoms with Crippen LogP contribution >= 0.6 is 0 Å². The Kier molecular flexibility index (Phi) is 5.47. The lowest BCUT2D eigenvalue weighted by Gasteiger charge is -2.20. The van der Waals surface area contributed by atoms with E-state index in [9.17, 15) is 4.79 Å². The van der Waals surface area contributed by atoms with Crippen LogP contribution in [0.1, 0.15) is 32.1 Å². The Bertz CT molecular complexity index is 652. The number of nitrogens with zero attached hydrogens (tertiary/aromatic N) is 2. The van der Waals surface area contributed by atoms with Crippen LogP contribution in [0, 0.1) is 0 Å². The Morgan fingerprint density at radius 2 is 2.10 bits per heavy atom. The number of nitrogens with one attached hydrogen (secondary N) is 1. The van der Waals surface area contributed by atoms with E-state index in [1.807, 2.05) is 24.3 Å². The summed E-state index contributed by atoms with van der Waals surface area (Å²) in [5, 5.41) is 4.05. The smallest absolute Gasteiger partial charge is 0.261 e. The number of para-hydroxylation sites is 1. The Morgan fingerprint density at radius 1 is 1.33 bits per heavy atom. The highest BCUT2D eigenvalue weighted by molar-refractivity contribution is 5.77. The van der Waals surface area contributed by atoms with Crippen molar-refractivity contribution in [3.05, 3.63) is 40.4 Å². The molecule has 1 N–H and O–H groups in total. The molecule has 1 aromatic carbocycles. The molecule has 1 aromatic heterocycles. The molecule has 0 aliphatic carbocycles. The second kappa shape index (κ2) is 7.33. The van der Waals surface area contributed by atoms with E-state index < -0.39 is 0 Å². The van der Waals surface area contributed by atoms with Gasteiger partial charge in [-0.15, -0.1) is 0 Å². The summed E-state index contributed by atoms with van der Waals surface area (Å²) in [5.74, 6) is 0.792. The molecular formula is C16H23N3O2. The first-order chi connectivity index (χ1) is 10.2. The van der Waals surface area contributed by atoms with Crippen molar-refractivity contribution < 1.29 is 4.74 Å². The van der Waals surface area contributed by atoms with Crippen molar-refractivity contribution in [3.63, 3.8) is 0 Å². The van der Waals surface area contributed by atoms with Gasteiger partial charge in [0.25, 0.3) is 5.56 Å². The van der Waals surface area contributed by atoms with Crippen LogP contribution in [0.2, 0.25) is 0 Å². The number of aromatic nitrogens is 2. The monoisotopic (exact) mass is 289 g/mol. The first kappa shape index (κ1) is 15.7. The third-order valence-corrected chi connectivity index (χ3v) is 3.58. The molecule has 0 fully saturated rings. The van der Waals surface area contributed by atoms with Crippen molar-refractivity contribution in [1.29, 1.82) is 0 Å². The SMILES string of the molecule is CCN[C@H](CC)c1nc2ccccc2c(=O)n1CCOC. The van der Waals surface area contributed by atoms with Gasteiger partial charge in [-0.25, -0.2) is 4.98 Å². The molecule has 0 amide bonds. The molecule has 2 aromatic rings. The zero-order valence-electron chi connectivity index (χ0n) is 12.9. The van der Waals surface area contributed by atoms with Crippen LogP contribution in [0.5, 0.6) is 0 Å². The standard InChI is InChI=1S/C16H23N3O2/c1-4-13(17-5-2)15-18-14-9-7-6-8-12(14)16(20)19(15)10-11-21-3/h6-9,13,17H,4-5,10-11H2,1-3H3/t13-/m1/s1. The molecule has 0 saturated carbocycles. The first-order valence-electron chi connectivity index (χ1n) is 7.44. The Hall–Kier alpha value is -1.72. The highest BCUT2D eigenvalue weighted by Crippen LogP contribution is 2.16. The zero-order chi connectivity index (χ0) is 15.2. The van der Waals surface area contributed by atoms with E-state index in [2.05, 4.69) is 19.2 Å². The minimum atomic E-state index is 0.00371. The highest BCUT2D eigenvalue weighted by atomic mass is 16.5. The lowest BCUT2D eigenvalue weighted by Crippen LogP contribution is -2.33. The lowest BCUT2D eigenvalue weighted by molar-refractivity contribution is 0.184. The molecule has 0 radical (unpaired) electrons. The molecule has 0 aliphatic heterocycles. The van der Waals surface area contributed by atoms with E-state index >= 15 is 0 Å². The second-order valence-electron chi connectivity index (χ2n) is 4.96. The molecule has 1 heterocycles. The normalized spacial score (nSPS) is 12.7. The molecular weight excluding hydrogens is 266 g/mol.